The van der Waals surface area contributed by atoms with Gasteiger partial charge in [0, 0.05) is 35.1 Å². The Balaban J connectivity index is 0.00000168. The molecule has 0 spiro atoms. The van der Waals surface area contributed by atoms with Gasteiger partial charge in [0.1, 0.15) is 0 Å². The molecule has 2 heterocycles. The molecule has 0 saturated heterocycles. The number of nitrogens with zero attached hydrogens (tertiary/aromatic N) is 2. The maximum atomic E-state index is 12.6. The lowest BCUT2D eigenvalue weighted by molar-refractivity contribution is -0.121. The second kappa shape index (κ2) is 6.68. The van der Waals surface area contributed by atoms with Crippen LogP contribution < -0.4 is 11.1 Å². The molecule has 0 aliphatic heterocycles. The molecule has 1 aromatic carbocycles. The summed E-state index contributed by atoms with van der Waals surface area (Å²) in [6.07, 6.45) is 7.48. The standard InChI is InChI=1S/C19H20N4OS.ClH/c20-17-13-2-1-12(9-13)16(17)18(24)21-14-5-3-11(4-6-14)15-10-23-7-8-25-19(23)22-15;/h3-8,10,12-13,16-17H,1-2,9,20H2,(H,21,24);1H. The van der Waals surface area contributed by atoms with E-state index in [1.54, 1.807) is 11.3 Å². The number of carbonyl (C=O) groups is 1. The second-order valence-corrected chi connectivity index (χ2v) is 8.09. The first kappa shape index (κ1) is 17.5. The average Bonchev–Trinajstić information content (AvgIpc) is 3.35. The maximum Gasteiger partial charge on any atom is 0.229 e. The zero-order valence-corrected chi connectivity index (χ0v) is 15.8. The molecule has 3 aromatic rings. The van der Waals surface area contributed by atoms with E-state index in [2.05, 4.69) is 10.3 Å². The number of benzene rings is 1. The minimum absolute atomic E-state index is 0. The van der Waals surface area contributed by atoms with E-state index in [1.807, 2.05) is 46.4 Å². The van der Waals surface area contributed by atoms with Gasteiger partial charge in [-0.05, 0) is 43.2 Å². The van der Waals surface area contributed by atoms with Gasteiger partial charge in [-0.3, -0.25) is 9.20 Å². The van der Waals surface area contributed by atoms with Crippen LogP contribution in [0.2, 0.25) is 0 Å². The van der Waals surface area contributed by atoms with Crippen LogP contribution in [0.25, 0.3) is 16.2 Å². The number of hydrogen-bond donors (Lipinski definition) is 2. The number of nitrogens with two attached hydrogens (primary N) is 1. The molecule has 3 N–H and O–H groups in total. The highest BCUT2D eigenvalue weighted by Gasteiger charge is 2.49. The Bertz CT molecular complexity index is 904. The van der Waals surface area contributed by atoms with Crippen LogP contribution in [-0.4, -0.2) is 21.3 Å². The molecule has 4 unspecified atom stereocenters. The van der Waals surface area contributed by atoms with Crippen LogP contribution in [0.4, 0.5) is 5.69 Å². The quantitative estimate of drug-likeness (QED) is 0.716. The summed E-state index contributed by atoms with van der Waals surface area (Å²) in [6, 6.07) is 7.92. The summed E-state index contributed by atoms with van der Waals surface area (Å²) in [5.74, 6) is 1.06. The largest absolute Gasteiger partial charge is 0.327 e. The van der Waals surface area contributed by atoms with E-state index in [4.69, 9.17) is 5.73 Å². The van der Waals surface area contributed by atoms with Crippen LogP contribution in [-0.2, 0) is 4.79 Å². The number of imidazole rings is 1. The molecule has 2 bridgehead atoms. The number of carbonyl (C=O) groups excluding carboxylic acids is 1. The Morgan fingerprint density at radius 1 is 1.23 bits per heavy atom. The van der Waals surface area contributed by atoms with Gasteiger partial charge < -0.3 is 11.1 Å². The van der Waals surface area contributed by atoms with Crippen molar-refractivity contribution in [2.75, 3.05) is 5.32 Å². The van der Waals surface area contributed by atoms with Gasteiger partial charge in [-0.1, -0.05) is 12.1 Å². The predicted molar refractivity (Wildman–Crippen MR) is 107 cm³/mol. The second-order valence-electron chi connectivity index (χ2n) is 7.22. The summed E-state index contributed by atoms with van der Waals surface area (Å²) in [4.78, 5) is 18.2. The van der Waals surface area contributed by atoms with E-state index < -0.39 is 0 Å². The molecule has 5 rings (SSSR count). The zero-order chi connectivity index (χ0) is 17.0. The number of amides is 1. The third kappa shape index (κ3) is 2.82. The predicted octanol–water partition coefficient (Wildman–Crippen LogP) is 3.80. The Morgan fingerprint density at radius 3 is 2.69 bits per heavy atom. The molecule has 26 heavy (non-hydrogen) atoms. The summed E-state index contributed by atoms with van der Waals surface area (Å²) in [7, 11) is 0. The molecular formula is C19H21ClN4OS. The van der Waals surface area contributed by atoms with Crippen LogP contribution in [0.3, 0.4) is 0 Å². The van der Waals surface area contributed by atoms with E-state index >= 15 is 0 Å². The van der Waals surface area contributed by atoms with Crippen molar-refractivity contribution in [1.29, 1.82) is 0 Å². The first-order valence-corrected chi connectivity index (χ1v) is 9.66. The van der Waals surface area contributed by atoms with Crippen molar-refractivity contribution < 1.29 is 4.79 Å². The number of thiazole rings is 1. The Kier molecular flexibility index (Phi) is 4.50. The summed E-state index contributed by atoms with van der Waals surface area (Å²) >= 11 is 1.62. The number of anilines is 1. The van der Waals surface area contributed by atoms with Crippen LogP contribution in [0.5, 0.6) is 0 Å². The minimum Gasteiger partial charge on any atom is -0.327 e. The molecule has 2 aliphatic carbocycles. The van der Waals surface area contributed by atoms with Crippen molar-refractivity contribution in [2.45, 2.75) is 25.3 Å². The minimum atomic E-state index is -0.0293. The Morgan fingerprint density at radius 2 is 2.00 bits per heavy atom. The highest BCUT2D eigenvalue weighted by molar-refractivity contribution is 7.15. The Hall–Kier alpha value is -1.89. The summed E-state index contributed by atoms with van der Waals surface area (Å²) in [5.41, 5.74) is 9.09. The maximum absolute atomic E-state index is 12.6. The highest BCUT2D eigenvalue weighted by Crippen LogP contribution is 2.47. The van der Waals surface area contributed by atoms with Gasteiger partial charge in [-0.2, -0.15) is 0 Å². The molecule has 1 amide bonds. The first-order chi connectivity index (χ1) is 12.2. The third-order valence-electron chi connectivity index (χ3n) is 5.82. The lowest BCUT2D eigenvalue weighted by Crippen LogP contribution is -2.42. The van der Waals surface area contributed by atoms with Crippen molar-refractivity contribution in [3.05, 3.63) is 42.0 Å². The first-order valence-electron chi connectivity index (χ1n) is 8.78. The smallest absolute Gasteiger partial charge is 0.229 e. The van der Waals surface area contributed by atoms with E-state index in [1.165, 1.54) is 6.42 Å². The average molecular weight is 389 g/mol. The molecule has 2 aromatic heterocycles. The summed E-state index contributed by atoms with van der Waals surface area (Å²) in [6.45, 7) is 0. The topological polar surface area (TPSA) is 72.4 Å². The van der Waals surface area contributed by atoms with Gasteiger partial charge in [0.15, 0.2) is 4.96 Å². The SMILES string of the molecule is Cl.NC1C2CCC(C2)C1C(=O)Nc1ccc(-c2cn3ccsc3n2)cc1. The number of halogens is 1. The Labute approximate surface area is 162 Å². The normalized spacial score (nSPS) is 26.8. The number of aromatic nitrogens is 2. The van der Waals surface area contributed by atoms with Crippen molar-refractivity contribution in [2.24, 2.45) is 23.5 Å². The lowest BCUT2D eigenvalue weighted by atomic mass is 9.84. The van der Waals surface area contributed by atoms with Crippen LogP contribution in [0.1, 0.15) is 19.3 Å². The third-order valence-corrected chi connectivity index (χ3v) is 6.60. The fourth-order valence-electron chi connectivity index (χ4n) is 4.54. The fraction of sp³-hybridized carbons (Fsp3) is 0.368. The molecule has 7 heteroatoms. The van der Waals surface area contributed by atoms with Crippen molar-refractivity contribution >= 4 is 40.3 Å². The van der Waals surface area contributed by atoms with Crippen LogP contribution in [0, 0.1) is 17.8 Å². The number of nitrogens with one attached hydrogen (secondary N) is 1. The summed E-state index contributed by atoms with van der Waals surface area (Å²) < 4.78 is 2.02. The van der Waals surface area contributed by atoms with Gasteiger partial charge in [-0.25, -0.2) is 4.98 Å². The van der Waals surface area contributed by atoms with Gasteiger partial charge in [0.05, 0.1) is 11.6 Å². The molecule has 2 fully saturated rings. The van der Waals surface area contributed by atoms with Crippen molar-refractivity contribution in [3.8, 4) is 11.3 Å². The van der Waals surface area contributed by atoms with Crippen LogP contribution >= 0.6 is 23.7 Å². The van der Waals surface area contributed by atoms with Crippen molar-refractivity contribution in [3.63, 3.8) is 0 Å². The van der Waals surface area contributed by atoms with Gasteiger partial charge in [-0.15, -0.1) is 23.7 Å². The van der Waals surface area contributed by atoms with E-state index in [-0.39, 0.29) is 30.3 Å². The monoisotopic (exact) mass is 388 g/mol. The van der Waals surface area contributed by atoms with E-state index in [0.29, 0.717) is 11.8 Å². The van der Waals surface area contributed by atoms with E-state index in [9.17, 15) is 4.79 Å². The molecule has 5 nitrogen and oxygen atoms in total. The lowest BCUT2D eigenvalue weighted by Gasteiger charge is -2.27. The van der Waals surface area contributed by atoms with E-state index in [0.717, 1.165) is 34.7 Å². The van der Waals surface area contributed by atoms with Gasteiger partial charge >= 0.3 is 0 Å². The fourth-order valence-corrected chi connectivity index (χ4v) is 5.24. The van der Waals surface area contributed by atoms with Gasteiger partial charge in [0.25, 0.3) is 0 Å². The van der Waals surface area contributed by atoms with Gasteiger partial charge in [0.2, 0.25) is 5.91 Å². The molecule has 4 atom stereocenters. The molecule has 2 saturated carbocycles. The molecule has 2 aliphatic rings. The summed E-state index contributed by atoms with van der Waals surface area (Å²) in [5, 5.41) is 5.08. The van der Waals surface area contributed by atoms with Crippen molar-refractivity contribution in [1.82, 2.24) is 9.38 Å². The molecule has 0 radical (unpaired) electrons. The zero-order valence-electron chi connectivity index (χ0n) is 14.2. The number of fused-ring (bicyclic) bond motifs is 3. The number of rotatable bonds is 3. The number of hydrogen-bond acceptors (Lipinski definition) is 4. The molecule has 136 valence electrons. The molecular weight excluding hydrogens is 368 g/mol. The highest BCUT2D eigenvalue weighted by atomic mass is 35.5. The van der Waals surface area contributed by atoms with Crippen LogP contribution in [0.15, 0.2) is 42.0 Å².